The number of nitroso groups, excluding NO2 is 1. The van der Waals surface area contributed by atoms with Crippen LogP contribution in [0.1, 0.15) is 0 Å². The molecule has 5 nitrogen and oxygen atoms in total. The Balaban J connectivity index is 2.47. The Labute approximate surface area is 91.7 Å². The molecule has 1 aliphatic rings. The number of urea groups is 1. The van der Waals surface area contributed by atoms with E-state index < -0.39 is 0 Å². The molecule has 0 atom stereocenters. The Bertz CT molecular complexity index is 211. The lowest BCUT2D eigenvalue weighted by atomic mass is 10.5. The van der Waals surface area contributed by atoms with Gasteiger partial charge in [0.2, 0.25) is 0 Å². The molecule has 14 heavy (non-hydrogen) atoms. The van der Waals surface area contributed by atoms with Gasteiger partial charge in [-0.15, -0.1) is 16.5 Å². The largest absolute Gasteiger partial charge is 0.343 e. The second-order valence-corrected chi connectivity index (χ2v) is 4.38. The van der Waals surface area contributed by atoms with Crippen molar-refractivity contribution in [3.05, 3.63) is 4.91 Å². The Kier molecular flexibility index (Phi) is 5.03. The fourth-order valence-electron chi connectivity index (χ4n) is 1.17. The van der Waals surface area contributed by atoms with Gasteiger partial charge in [-0.3, -0.25) is 0 Å². The van der Waals surface area contributed by atoms with E-state index in [9.17, 15) is 9.70 Å². The van der Waals surface area contributed by atoms with Crippen molar-refractivity contribution in [1.29, 1.82) is 0 Å². The van der Waals surface area contributed by atoms with Crippen molar-refractivity contribution >= 4 is 29.4 Å². The van der Waals surface area contributed by atoms with Gasteiger partial charge in [-0.25, -0.2) is 4.79 Å². The normalized spacial score (nSPS) is 16.5. The van der Waals surface area contributed by atoms with Gasteiger partial charge in [-0.05, 0) is 0 Å². The van der Waals surface area contributed by atoms with Crippen molar-refractivity contribution in [2.75, 3.05) is 37.0 Å². The monoisotopic (exact) mass is 237 g/mol. The highest BCUT2D eigenvalue weighted by Gasteiger charge is 2.22. The van der Waals surface area contributed by atoms with Gasteiger partial charge in [0.15, 0.2) is 0 Å². The van der Waals surface area contributed by atoms with E-state index in [1.807, 2.05) is 0 Å². The molecule has 80 valence electrons. The zero-order chi connectivity index (χ0) is 10.4. The average molecular weight is 238 g/mol. The number of nitrogens with zero attached hydrogens (tertiary/aromatic N) is 3. The van der Waals surface area contributed by atoms with Crippen LogP contribution < -0.4 is 0 Å². The number of carbonyl (C=O) groups is 1. The number of amides is 2. The topological polar surface area (TPSA) is 53.0 Å². The third-order valence-corrected chi connectivity index (χ3v) is 3.01. The Morgan fingerprint density at radius 3 is 2.64 bits per heavy atom. The van der Waals surface area contributed by atoms with Crippen LogP contribution in [0.3, 0.4) is 0 Å². The molecule has 2 amide bonds. The van der Waals surface area contributed by atoms with Crippen molar-refractivity contribution in [3.63, 3.8) is 0 Å². The molecule has 7 heteroatoms. The number of alkyl halides is 1. The molecule has 0 saturated carbocycles. The molecule has 0 radical (unpaired) electrons. The van der Waals surface area contributed by atoms with E-state index in [0.717, 1.165) is 16.5 Å². The van der Waals surface area contributed by atoms with Crippen LogP contribution >= 0.6 is 23.4 Å². The van der Waals surface area contributed by atoms with Crippen LogP contribution in [0.5, 0.6) is 0 Å². The lowest BCUT2D eigenvalue weighted by Gasteiger charge is -2.28. The van der Waals surface area contributed by atoms with Gasteiger partial charge in [0.1, 0.15) is 0 Å². The first kappa shape index (κ1) is 11.6. The molecule has 1 saturated heterocycles. The Hall–Kier alpha value is -0.490. The van der Waals surface area contributed by atoms with Gasteiger partial charge in [0, 0.05) is 30.5 Å². The summed E-state index contributed by atoms with van der Waals surface area (Å²) in [6.45, 7) is 1.53. The summed E-state index contributed by atoms with van der Waals surface area (Å²) in [5.41, 5.74) is 0. The van der Waals surface area contributed by atoms with Gasteiger partial charge in [0.05, 0.1) is 11.8 Å². The lowest BCUT2D eigenvalue weighted by Crippen LogP contribution is -2.45. The molecule has 0 unspecified atom stereocenters. The van der Waals surface area contributed by atoms with Crippen LogP contribution in [0.15, 0.2) is 5.29 Å². The zero-order valence-corrected chi connectivity index (χ0v) is 9.26. The first-order chi connectivity index (χ1) is 6.79. The van der Waals surface area contributed by atoms with Crippen molar-refractivity contribution in [2.45, 2.75) is 0 Å². The number of halogens is 1. The van der Waals surface area contributed by atoms with Crippen LogP contribution in [-0.4, -0.2) is 53.0 Å². The van der Waals surface area contributed by atoms with E-state index in [0.29, 0.717) is 13.1 Å². The maximum Gasteiger partial charge on any atom is 0.343 e. The van der Waals surface area contributed by atoms with Gasteiger partial charge in [-0.2, -0.15) is 16.8 Å². The quantitative estimate of drug-likeness (QED) is 0.423. The molecule has 1 aliphatic heterocycles. The van der Waals surface area contributed by atoms with E-state index in [2.05, 4.69) is 5.29 Å². The summed E-state index contributed by atoms with van der Waals surface area (Å²) in [5, 5.41) is 3.53. The second-order valence-electron chi connectivity index (χ2n) is 2.78. The molecule has 0 aromatic carbocycles. The van der Waals surface area contributed by atoms with E-state index in [-0.39, 0.29) is 18.5 Å². The highest BCUT2D eigenvalue weighted by molar-refractivity contribution is 7.99. The van der Waals surface area contributed by atoms with Gasteiger partial charge in [-0.1, -0.05) is 0 Å². The minimum atomic E-state index is -0.332. The molecular formula is C7H12ClN3O2S. The van der Waals surface area contributed by atoms with Crippen molar-refractivity contribution in [1.82, 2.24) is 9.91 Å². The molecule has 0 aliphatic carbocycles. The highest BCUT2D eigenvalue weighted by Crippen LogP contribution is 2.11. The highest BCUT2D eigenvalue weighted by atomic mass is 35.5. The number of carbonyl (C=O) groups excluding carboxylic acids is 1. The lowest BCUT2D eigenvalue weighted by molar-refractivity contribution is 0.161. The summed E-state index contributed by atoms with van der Waals surface area (Å²) in [6, 6.07) is -0.332. The fraction of sp³-hybridized carbons (Fsp3) is 0.857. The molecule has 0 aromatic rings. The minimum Gasteiger partial charge on any atom is -0.321 e. The predicted octanol–water partition coefficient (Wildman–Crippen LogP) is 1.38. The van der Waals surface area contributed by atoms with E-state index in [1.54, 1.807) is 16.7 Å². The standard InChI is InChI=1S/C7H12ClN3O2S/c8-1-2-11(9-13)7(12)10-3-5-14-6-4-10/h1-6H2. The zero-order valence-electron chi connectivity index (χ0n) is 7.69. The van der Waals surface area contributed by atoms with E-state index in [4.69, 9.17) is 11.6 Å². The SMILES string of the molecule is O=NN(CCCl)C(=O)N1CCSCC1. The van der Waals surface area contributed by atoms with E-state index in [1.165, 1.54) is 0 Å². The summed E-state index contributed by atoms with van der Waals surface area (Å²) >= 11 is 7.24. The van der Waals surface area contributed by atoms with Gasteiger partial charge >= 0.3 is 6.03 Å². The average Bonchev–Trinajstić information content (AvgIpc) is 2.26. The maximum absolute atomic E-state index is 11.6. The Morgan fingerprint density at radius 1 is 1.50 bits per heavy atom. The predicted molar refractivity (Wildman–Crippen MR) is 57.5 cm³/mol. The van der Waals surface area contributed by atoms with Crippen LogP contribution in [0.4, 0.5) is 4.79 Å². The van der Waals surface area contributed by atoms with Crippen LogP contribution in [0.2, 0.25) is 0 Å². The fourth-order valence-corrected chi connectivity index (χ4v) is 2.23. The molecule has 0 bridgehead atoms. The van der Waals surface area contributed by atoms with Crippen LogP contribution in [0, 0.1) is 4.91 Å². The summed E-state index contributed by atoms with van der Waals surface area (Å²) in [4.78, 5) is 23.6. The van der Waals surface area contributed by atoms with Gasteiger partial charge in [0.25, 0.3) is 0 Å². The summed E-state index contributed by atoms with van der Waals surface area (Å²) in [6.07, 6.45) is 0. The number of hydrogen-bond donors (Lipinski definition) is 0. The number of hydrogen-bond acceptors (Lipinski definition) is 4. The molecule has 0 spiro atoms. The summed E-state index contributed by atoms with van der Waals surface area (Å²) < 4.78 is 0. The van der Waals surface area contributed by atoms with Gasteiger partial charge < -0.3 is 4.90 Å². The molecule has 0 N–H and O–H groups in total. The number of thioether (sulfide) groups is 1. The second kappa shape index (κ2) is 6.08. The first-order valence-electron chi connectivity index (χ1n) is 4.33. The maximum atomic E-state index is 11.6. The molecular weight excluding hydrogens is 226 g/mol. The summed E-state index contributed by atoms with van der Waals surface area (Å²) in [7, 11) is 0. The molecule has 0 aromatic heterocycles. The van der Waals surface area contributed by atoms with Crippen LogP contribution in [-0.2, 0) is 0 Å². The number of rotatable bonds is 3. The first-order valence-corrected chi connectivity index (χ1v) is 6.02. The Morgan fingerprint density at radius 2 is 2.14 bits per heavy atom. The van der Waals surface area contributed by atoms with Crippen molar-refractivity contribution < 1.29 is 4.79 Å². The molecule has 1 rings (SSSR count). The summed E-state index contributed by atoms with van der Waals surface area (Å²) in [5.74, 6) is 2.05. The molecule has 1 heterocycles. The van der Waals surface area contributed by atoms with Crippen LogP contribution in [0.25, 0.3) is 0 Å². The smallest absolute Gasteiger partial charge is 0.321 e. The van der Waals surface area contributed by atoms with E-state index >= 15 is 0 Å². The molecule has 1 fully saturated rings. The minimum absolute atomic E-state index is 0.174. The van der Waals surface area contributed by atoms with Crippen molar-refractivity contribution in [2.24, 2.45) is 5.29 Å². The third kappa shape index (κ3) is 3.02. The van der Waals surface area contributed by atoms with Crippen molar-refractivity contribution in [3.8, 4) is 0 Å². The third-order valence-electron chi connectivity index (χ3n) is 1.90.